The lowest BCUT2D eigenvalue weighted by molar-refractivity contribution is -0.140. The van der Waals surface area contributed by atoms with Crippen molar-refractivity contribution >= 4 is 45.6 Å². The Morgan fingerprint density at radius 2 is 1.29 bits per heavy atom. The van der Waals surface area contributed by atoms with E-state index in [-0.39, 0.29) is 24.2 Å². The first-order valence-electron chi connectivity index (χ1n) is 13.9. The molecule has 2 aliphatic heterocycles. The van der Waals surface area contributed by atoms with Gasteiger partial charge in [-0.3, -0.25) is 19.2 Å². The largest absolute Gasteiger partial charge is 0.481 e. The van der Waals surface area contributed by atoms with E-state index in [0.29, 0.717) is 37.9 Å². The Hall–Kier alpha value is -4.60. The van der Waals surface area contributed by atoms with Crippen LogP contribution in [-0.2, 0) is 40.3 Å². The van der Waals surface area contributed by atoms with Crippen LogP contribution in [-0.4, -0.2) is 58.2 Å². The number of benzene rings is 2. The number of rotatable bonds is 8. The third-order valence-electron chi connectivity index (χ3n) is 7.61. The van der Waals surface area contributed by atoms with Gasteiger partial charge in [0.15, 0.2) is 0 Å². The summed E-state index contributed by atoms with van der Waals surface area (Å²) in [4.78, 5) is 45.9. The second-order valence-corrected chi connectivity index (χ2v) is 10.3. The van der Waals surface area contributed by atoms with Crippen LogP contribution in [0.25, 0.3) is 21.8 Å². The predicted molar refractivity (Wildman–Crippen MR) is 154 cm³/mol. The monoisotopic (exact) mass is 558 g/mol. The number of carboxylic acids is 1. The Balaban J connectivity index is 0.000000165. The van der Waals surface area contributed by atoms with Crippen LogP contribution in [0.4, 0.5) is 0 Å². The van der Waals surface area contributed by atoms with Crippen molar-refractivity contribution in [3.05, 3.63) is 71.0 Å². The van der Waals surface area contributed by atoms with Gasteiger partial charge in [-0.1, -0.05) is 24.3 Å². The van der Waals surface area contributed by atoms with Gasteiger partial charge in [-0.05, 0) is 49.9 Å². The predicted octanol–water partition coefficient (Wildman–Crippen LogP) is 3.67. The van der Waals surface area contributed by atoms with Crippen molar-refractivity contribution in [2.24, 2.45) is 0 Å². The molecule has 3 N–H and O–H groups in total. The normalized spacial score (nSPS) is 14.0. The molecule has 2 amide bonds. The highest BCUT2D eigenvalue weighted by molar-refractivity contribution is 6.07. The van der Waals surface area contributed by atoms with Crippen molar-refractivity contribution in [1.82, 2.24) is 19.8 Å². The summed E-state index contributed by atoms with van der Waals surface area (Å²) < 4.78 is 9.01. The summed E-state index contributed by atoms with van der Waals surface area (Å²) in [5.41, 5.74) is 5.66. The zero-order chi connectivity index (χ0) is 28.9. The molecule has 10 heteroatoms. The Kier molecular flexibility index (Phi) is 8.37. The van der Waals surface area contributed by atoms with Gasteiger partial charge in [-0.15, -0.1) is 0 Å². The summed E-state index contributed by atoms with van der Waals surface area (Å²) in [6.07, 6.45) is 3.47. The number of ether oxygens (including phenoxy) is 1. The first kappa shape index (κ1) is 27.9. The topological polar surface area (TPSA) is 132 Å². The molecule has 0 radical (unpaired) electrons. The molecule has 6 rings (SSSR count). The van der Waals surface area contributed by atoms with Crippen molar-refractivity contribution < 1.29 is 29.0 Å². The molecule has 2 aromatic heterocycles. The van der Waals surface area contributed by atoms with Crippen LogP contribution >= 0.6 is 0 Å². The molecule has 0 unspecified atom stereocenters. The smallest absolute Gasteiger partial charge is 0.305 e. The highest BCUT2D eigenvalue weighted by Crippen LogP contribution is 2.27. The van der Waals surface area contributed by atoms with Gasteiger partial charge < -0.3 is 29.6 Å². The molecule has 0 saturated heterocycles. The van der Waals surface area contributed by atoms with Gasteiger partial charge in [0.05, 0.1) is 29.3 Å². The van der Waals surface area contributed by atoms with Gasteiger partial charge >= 0.3 is 11.9 Å². The van der Waals surface area contributed by atoms with Crippen molar-refractivity contribution in [1.29, 1.82) is 0 Å². The highest BCUT2D eigenvalue weighted by atomic mass is 16.5. The van der Waals surface area contributed by atoms with E-state index < -0.39 is 5.97 Å². The molecule has 0 saturated carbocycles. The number of nitrogens with one attached hydrogen (secondary N) is 2. The van der Waals surface area contributed by atoms with Crippen LogP contribution in [0.2, 0.25) is 0 Å². The number of carbonyl (C=O) groups excluding carboxylic acids is 3. The number of amides is 2. The minimum atomic E-state index is -0.769. The SMILES string of the molecule is COC(=O)CCCc1cc2cccc3c2n1CCNC3=O.O=C(O)CCCc1cc2cccc3c2n1CCNC3=O. The maximum absolute atomic E-state index is 12.1. The molecule has 41 heavy (non-hydrogen) atoms. The molecule has 2 aliphatic rings. The summed E-state index contributed by atoms with van der Waals surface area (Å²) in [7, 11) is 1.41. The number of carboxylic acid groups (broad SMARTS) is 1. The summed E-state index contributed by atoms with van der Waals surface area (Å²) in [5, 5.41) is 16.7. The van der Waals surface area contributed by atoms with Gasteiger partial charge in [-0.25, -0.2) is 0 Å². The average Bonchev–Trinajstić information content (AvgIpc) is 3.37. The minimum Gasteiger partial charge on any atom is -0.481 e. The van der Waals surface area contributed by atoms with E-state index >= 15 is 0 Å². The van der Waals surface area contributed by atoms with Crippen LogP contribution in [0.1, 0.15) is 57.8 Å². The van der Waals surface area contributed by atoms with Crippen LogP contribution < -0.4 is 10.6 Å². The van der Waals surface area contributed by atoms with Crippen LogP contribution in [0.3, 0.4) is 0 Å². The van der Waals surface area contributed by atoms with Crippen molar-refractivity contribution in [2.75, 3.05) is 20.2 Å². The zero-order valence-electron chi connectivity index (χ0n) is 23.1. The molecule has 4 heterocycles. The Morgan fingerprint density at radius 3 is 1.76 bits per heavy atom. The van der Waals surface area contributed by atoms with E-state index in [4.69, 9.17) is 5.11 Å². The summed E-state index contributed by atoms with van der Waals surface area (Å²) in [6, 6.07) is 15.7. The maximum Gasteiger partial charge on any atom is 0.305 e. The third-order valence-corrected chi connectivity index (χ3v) is 7.61. The molecule has 214 valence electrons. The lowest BCUT2D eigenvalue weighted by atomic mass is 10.1. The Bertz CT molecular complexity index is 1630. The van der Waals surface area contributed by atoms with E-state index in [9.17, 15) is 19.2 Å². The van der Waals surface area contributed by atoms with E-state index in [1.807, 2.05) is 36.4 Å². The quantitative estimate of drug-likeness (QED) is 0.283. The Morgan fingerprint density at radius 1 is 0.805 bits per heavy atom. The standard InChI is InChI=1S/C16H18N2O3.C15H16N2O3/c1-21-14(19)7-3-5-12-10-11-4-2-6-13-15(11)18(12)9-8-17-16(13)20;18-13(19)6-2-4-11-9-10-3-1-5-12-14(10)17(11)8-7-16-15(12)20/h2,4,6,10H,3,5,7-9H2,1H3,(H,17,20);1,3,5,9H,2,4,6-8H2,(H,16,20)(H,18,19). The first-order chi connectivity index (χ1) is 19.9. The number of aliphatic carboxylic acids is 1. The van der Waals surface area contributed by atoms with Gasteiger partial charge in [0.1, 0.15) is 0 Å². The molecule has 0 aliphatic carbocycles. The maximum atomic E-state index is 12.1. The molecule has 4 aromatic rings. The second kappa shape index (κ2) is 12.3. The van der Waals surface area contributed by atoms with Gasteiger partial charge in [0.2, 0.25) is 0 Å². The first-order valence-corrected chi connectivity index (χ1v) is 13.9. The molecule has 2 aromatic carbocycles. The number of nitrogens with zero attached hydrogens (tertiary/aromatic N) is 2. The molecule has 10 nitrogen and oxygen atoms in total. The zero-order valence-corrected chi connectivity index (χ0v) is 23.1. The lowest BCUT2D eigenvalue weighted by Gasteiger charge is -2.08. The summed E-state index contributed by atoms with van der Waals surface area (Å²) >= 11 is 0. The summed E-state index contributed by atoms with van der Waals surface area (Å²) in [6.45, 7) is 2.72. The van der Waals surface area contributed by atoms with Crippen molar-refractivity contribution in [3.8, 4) is 0 Å². The fourth-order valence-electron chi connectivity index (χ4n) is 5.74. The number of aryl methyl sites for hydroxylation is 2. The second-order valence-electron chi connectivity index (χ2n) is 10.3. The molecule has 0 fully saturated rings. The van der Waals surface area contributed by atoms with Gasteiger partial charge in [-0.2, -0.15) is 0 Å². The lowest BCUT2D eigenvalue weighted by Crippen LogP contribution is -2.24. The number of para-hydroxylation sites is 2. The minimum absolute atomic E-state index is 0.0152. The number of hydrogen-bond acceptors (Lipinski definition) is 5. The van der Waals surface area contributed by atoms with E-state index in [1.165, 1.54) is 7.11 Å². The number of carbonyl (C=O) groups is 4. The van der Waals surface area contributed by atoms with E-state index in [1.54, 1.807) is 0 Å². The Labute approximate surface area is 237 Å². The number of aromatic nitrogens is 2. The van der Waals surface area contributed by atoms with Crippen molar-refractivity contribution in [2.45, 2.75) is 51.6 Å². The van der Waals surface area contributed by atoms with Crippen LogP contribution in [0.15, 0.2) is 48.5 Å². The summed E-state index contributed by atoms with van der Waals surface area (Å²) in [5.74, 6) is -1.00. The highest BCUT2D eigenvalue weighted by Gasteiger charge is 2.21. The molecular formula is C31H34N4O6. The third kappa shape index (κ3) is 5.96. The van der Waals surface area contributed by atoms with Crippen LogP contribution in [0.5, 0.6) is 0 Å². The molecule has 0 atom stereocenters. The number of esters is 1. The van der Waals surface area contributed by atoms with Gasteiger partial charge in [0, 0.05) is 61.2 Å². The number of methoxy groups -OCH3 is 1. The van der Waals surface area contributed by atoms with E-state index in [2.05, 4.69) is 36.6 Å². The molecule has 0 spiro atoms. The fourth-order valence-corrected chi connectivity index (χ4v) is 5.74. The van der Waals surface area contributed by atoms with Gasteiger partial charge in [0.25, 0.3) is 11.8 Å². The number of hydrogen-bond donors (Lipinski definition) is 3. The average molecular weight is 559 g/mol. The molecular weight excluding hydrogens is 524 g/mol. The van der Waals surface area contributed by atoms with Crippen molar-refractivity contribution in [3.63, 3.8) is 0 Å². The molecule has 0 bridgehead atoms. The fraction of sp³-hybridized carbons (Fsp3) is 0.355. The van der Waals surface area contributed by atoms with E-state index in [0.717, 1.165) is 64.7 Å². The van der Waals surface area contributed by atoms with Crippen LogP contribution in [0, 0.1) is 0 Å².